The van der Waals surface area contributed by atoms with Crippen molar-refractivity contribution in [1.29, 1.82) is 0 Å². The van der Waals surface area contributed by atoms with Crippen LogP contribution in [0, 0.1) is 5.41 Å². The number of rotatable bonds is 5. The van der Waals surface area contributed by atoms with Crippen molar-refractivity contribution in [3.8, 4) is 0 Å². The van der Waals surface area contributed by atoms with E-state index in [-0.39, 0.29) is 23.0 Å². The Morgan fingerprint density at radius 1 is 1.29 bits per heavy atom. The summed E-state index contributed by atoms with van der Waals surface area (Å²) in [5.41, 5.74) is 1.32. The van der Waals surface area contributed by atoms with E-state index in [1.807, 2.05) is 24.3 Å². The van der Waals surface area contributed by atoms with Crippen molar-refractivity contribution in [2.45, 2.75) is 45.4 Å². The molecule has 1 N–H and O–H groups in total. The van der Waals surface area contributed by atoms with Gasteiger partial charge in [0.25, 0.3) is 5.91 Å². The van der Waals surface area contributed by atoms with Gasteiger partial charge in [-0.15, -0.1) is 0 Å². The Morgan fingerprint density at radius 3 is 2.52 bits per heavy atom. The van der Waals surface area contributed by atoms with Gasteiger partial charge in [-0.25, -0.2) is 0 Å². The fraction of sp³-hybridized carbons (Fsp3) is 0.588. The average Bonchev–Trinajstić information content (AvgIpc) is 2.47. The number of hydrogen-bond acceptors (Lipinski definition) is 3. The Morgan fingerprint density at radius 2 is 1.95 bits per heavy atom. The lowest BCUT2D eigenvalue weighted by Crippen LogP contribution is -2.68. The number of ether oxygens (including phenoxy) is 2. The van der Waals surface area contributed by atoms with Gasteiger partial charge < -0.3 is 14.8 Å². The van der Waals surface area contributed by atoms with E-state index in [4.69, 9.17) is 9.47 Å². The molecule has 116 valence electrons. The molecule has 1 amide bonds. The molecule has 1 aromatic carbocycles. The van der Waals surface area contributed by atoms with Crippen LogP contribution in [0.1, 0.15) is 43.1 Å². The van der Waals surface area contributed by atoms with Gasteiger partial charge in [-0.05, 0) is 25.0 Å². The molecular weight excluding hydrogens is 266 g/mol. The third-order valence-electron chi connectivity index (χ3n) is 5.15. The molecule has 4 nitrogen and oxygen atoms in total. The second-order valence-corrected chi connectivity index (χ2v) is 6.48. The zero-order valence-corrected chi connectivity index (χ0v) is 13.5. The monoisotopic (exact) mass is 291 g/mol. The second kappa shape index (κ2) is 5.78. The normalized spacial score (nSPS) is 27.0. The first-order valence-corrected chi connectivity index (χ1v) is 7.28. The number of methoxy groups -OCH3 is 2. The van der Waals surface area contributed by atoms with Gasteiger partial charge >= 0.3 is 0 Å². The number of amides is 1. The van der Waals surface area contributed by atoms with Gasteiger partial charge in [-0.3, -0.25) is 4.79 Å². The molecule has 0 aromatic heterocycles. The van der Waals surface area contributed by atoms with E-state index >= 15 is 0 Å². The van der Waals surface area contributed by atoms with Crippen LogP contribution >= 0.6 is 0 Å². The number of hydrogen-bond donors (Lipinski definition) is 1. The highest BCUT2D eigenvalue weighted by atomic mass is 16.5. The summed E-state index contributed by atoms with van der Waals surface area (Å²) in [6, 6.07) is 7.67. The third kappa shape index (κ3) is 2.70. The summed E-state index contributed by atoms with van der Waals surface area (Å²) in [5.74, 6) is -0.0427. The molecule has 4 heteroatoms. The van der Waals surface area contributed by atoms with Crippen LogP contribution in [0.3, 0.4) is 0 Å². The smallest absolute Gasteiger partial charge is 0.251 e. The van der Waals surface area contributed by atoms with Crippen molar-refractivity contribution >= 4 is 5.91 Å². The van der Waals surface area contributed by atoms with Crippen molar-refractivity contribution in [2.24, 2.45) is 5.41 Å². The molecule has 1 aromatic rings. The Balaban J connectivity index is 2.10. The molecule has 0 radical (unpaired) electrons. The molecule has 0 saturated heterocycles. The highest BCUT2D eigenvalue weighted by Crippen LogP contribution is 2.51. The number of carbonyl (C=O) groups is 1. The molecular formula is C17H25NO3. The van der Waals surface area contributed by atoms with E-state index in [9.17, 15) is 4.79 Å². The molecule has 2 atom stereocenters. The molecule has 1 saturated carbocycles. The van der Waals surface area contributed by atoms with Crippen LogP contribution < -0.4 is 5.32 Å². The lowest BCUT2D eigenvalue weighted by molar-refractivity contribution is -0.177. The van der Waals surface area contributed by atoms with Gasteiger partial charge in [0.1, 0.15) is 0 Å². The summed E-state index contributed by atoms with van der Waals surface area (Å²) in [6.45, 7) is 6.79. The predicted octanol–water partition coefficient (Wildman–Crippen LogP) is 2.77. The summed E-state index contributed by atoms with van der Waals surface area (Å²) in [7, 11) is 3.36. The SMILES string of the molecule is COCc1ccccc1C(=O)NC1CC(C)(OC)C1(C)C. The quantitative estimate of drug-likeness (QED) is 0.907. The summed E-state index contributed by atoms with van der Waals surface area (Å²) in [5, 5.41) is 3.14. The molecule has 1 aliphatic carbocycles. The van der Waals surface area contributed by atoms with Crippen molar-refractivity contribution in [2.75, 3.05) is 14.2 Å². The second-order valence-electron chi connectivity index (χ2n) is 6.48. The largest absolute Gasteiger partial charge is 0.380 e. The van der Waals surface area contributed by atoms with E-state index < -0.39 is 0 Å². The average molecular weight is 291 g/mol. The van der Waals surface area contributed by atoms with E-state index in [0.717, 1.165) is 12.0 Å². The summed E-state index contributed by atoms with van der Waals surface area (Å²) < 4.78 is 10.8. The van der Waals surface area contributed by atoms with Crippen LogP contribution in [0.2, 0.25) is 0 Å². The Bertz CT molecular complexity index is 527. The zero-order valence-electron chi connectivity index (χ0n) is 13.5. The van der Waals surface area contributed by atoms with Gasteiger partial charge in [0, 0.05) is 31.2 Å². The third-order valence-corrected chi connectivity index (χ3v) is 5.15. The minimum Gasteiger partial charge on any atom is -0.380 e. The summed E-state index contributed by atoms with van der Waals surface area (Å²) in [4.78, 5) is 12.5. The predicted molar refractivity (Wildman–Crippen MR) is 82.2 cm³/mol. The molecule has 21 heavy (non-hydrogen) atoms. The molecule has 0 aliphatic heterocycles. The zero-order chi connectivity index (χ0) is 15.7. The van der Waals surface area contributed by atoms with Crippen LogP contribution in [0.5, 0.6) is 0 Å². The van der Waals surface area contributed by atoms with Gasteiger partial charge in [0.05, 0.1) is 12.2 Å². The van der Waals surface area contributed by atoms with Crippen LogP contribution in [0.25, 0.3) is 0 Å². The maximum atomic E-state index is 12.5. The fourth-order valence-corrected chi connectivity index (χ4v) is 2.98. The number of benzene rings is 1. The molecule has 0 spiro atoms. The van der Waals surface area contributed by atoms with Crippen LogP contribution in [0.4, 0.5) is 0 Å². The molecule has 2 unspecified atom stereocenters. The fourth-order valence-electron chi connectivity index (χ4n) is 2.98. The minimum atomic E-state index is -0.184. The highest BCUT2D eigenvalue weighted by molar-refractivity contribution is 5.96. The Kier molecular flexibility index (Phi) is 4.40. The van der Waals surface area contributed by atoms with Crippen LogP contribution in [-0.4, -0.2) is 31.8 Å². The van der Waals surface area contributed by atoms with Gasteiger partial charge in [-0.2, -0.15) is 0 Å². The lowest BCUT2D eigenvalue weighted by atomic mass is 9.56. The van der Waals surface area contributed by atoms with Crippen molar-refractivity contribution in [1.82, 2.24) is 5.32 Å². The van der Waals surface area contributed by atoms with E-state index in [2.05, 4.69) is 26.1 Å². The van der Waals surface area contributed by atoms with Gasteiger partial charge in [0.15, 0.2) is 0 Å². The molecule has 1 aliphatic rings. The molecule has 0 bridgehead atoms. The lowest BCUT2D eigenvalue weighted by Gasteiger charge is -2.59. The van der Waals surface area contributed by atoms with Gasteiger partial charge in [-0.1, -0.05) is 32.0 Å². The Hall–Kier alpha value is -1.39. The number of nitrogens with one attached hydrogen (secondary N) is 1. The number of carbonyl (C=O) groups excluding carboxylic acids is 1. The van der Waals surface area contributed by atoms with E-state index in [1.54, 1.807) is 14.2 Å². The minimum absolute atomic E-state index is 0.0427. The highest BCUT2D eigenvalue weighted by Gasteiger charge is 2.58. The molecule has 1 fully saturated rings. The van der Waals surface area contributed by atoms with Gasteiger partial charge in [0.2, 0.25) is 0 Å². The van der Waals surface area contributed by atoms with Crippen LogP contribution in [-0.2, 0) is 16.1 Å². The maximum Gasteiger partial charge on any atom is 0.251 e. The first-order valence-electron chi connectivity index (χ1n) is 7.28. The van der Waals surface area contributed by atoms with E-state index in [0.29, 0.717) is 12.2 Å². The molecule has 0 heterocycles. The standard InChI is InChI=1S/C17H25NO3/c1-16(2)14(10-17(16,3)21-5)18-15(19)13-9-7-6-8-12(13)11-20-4/h6-9,14H,10-11H2,1-5H3,(H,18,19). The maximum absolute atomic E-state index is 12.5. The molecule has 2 rings (SSSR count). The van der Waals surface area contributed by atoms with E-state index in [1.165, 1.54) is 0 Å². The van der Waals surface area contributed by atoms with Crippen molar-refractivity contribution in [3.63, 3.8) is 0 Å². The Labute approximate surface area is 126 Å². The first kappa shape index (κ1) is 16.0. The van der Waals surface area contributed by atoms with Crippen LogP contribution in [0.15, 0.2) is 24.3 Å². The topological polar surface area (TPSA) is 47.6 Å². The summed E-state index contributed by atoms with van der Waals surface area (Å²) in [6.07, 6.45) is 0.828. The van der Waals surface area contributed by atoms with Crippen molar-refractivity contribution in [3.05, 3.63) is 35.4 Å². The summed E-state index contributed by atoms with van der Waals surface area (Å²) >= 11 is 0. The van der Waals surface area contributed by atoms with Crippen molar-refractivity contribution < 1.29 is 14.3 Å². The first-order chi connectivity index (χ1) is 9.85.